The molecule has 2 aliphatic heterocycles. The largest absolute Gasteiger partial charge is 0.372 e. The highest BCUT2D eigenvalue weighted by molar-refractivity contribution is 5.88. The molecule has 0 saturated carbocycles. The minimum Gasteiger partial charge on any atom is -0.372 e. The minimum absolute atomic E-state index is 0.200. The van der Waals surface area contributed by atoms with Crippen LogP contribution in [0.5, 0.6) is 0 Å². The number of aromatic nitrogens is 4. The summed E-state index contributed by atoms with van der Waals surface area (Å²) in [6, 6.07) is 0. The first-order valence-corrected chi connectivity index (χ1v) is 8.86. The number of fused-ring (bicyclic) bond motifs is 1. The third-order valence-corrected chi connectivity index (χ3v) is 4.99. The fourth-order valence-corrected chi connectivity index (χ4v) is 3.85. The van der Waals surface area contributed by atoms with Crippen molar-refractivity contribution in [2.45, 2.75) is 39.4 Å². The number of nitrogens with zero attached hydrogens (tertiary/aromatic N) is 6. The van der Waals surface area contributed by atoms with E-state index >= 15 is 0 Å². The highest BCUT2D eigenvalue weighted by Gasteiger charge is 2.28. The van der Waals surface area contributed by atoms with E-state index in [-0.39, 0.29) is 12.2 Å². The molecule has 7 nitrogen and oxygen atoms in total. The number of anilines is 2. The Hall–Kier alpha value is -1.89. The molecule has 2 aromatic heterocycles. The predicted octanol–water partition coefficient (Wildman–Crippen LogP) is 1.82. The number of aryl methyl sites for hydroxylation is 1. The van der Waals surface area contributed by atoms with Crippen LogP contribution < -0.4 is 9.80 Å². The summed E-state index contributed by atoms with van der Waals surface area (Å²) in [5.74, 6) is 2.52. The van der Waals surface area contributed by atoms with E-state index in [0.717, 1.165) is 49.0 Å². The summed E-state index contributed by atoms with van der Waals surface area (Å²) in [5.41, 5.74) is 0.904. The first-order valence-electron chi connectivity index (χ1n) is 8.86. The Bertz CT molecular complexity index is 734. The van der Waals surface area contributed by atoms with E-state index in [9.17, 15) is 0 Å². The number of hydrogen-bond donors (Lipinski definition) is 0. The van der Waals surface area contributed by atoms with Crippen molar-refractivity contribution < 1.29 is 4.74 Å². The molecule has 7 heteroatoms. The molecule has 2 fully saturated rings. The van der Waals surface area contributed by atoms with E-state index in [1.807, 2.05) is 17.9 Å². The molecule has 3 atom stereocenters. The van der Waals surface area contributed by atoms with Gasteiger partial charge in [0.2, 0.25) is 5.95 Å². The fraction of sp³-hybridized carbons (Fsp3) is 0.706. The highest BCUT2D eigenvalue weighted by atomic mass is 16.5. The summed E-state index contributed by atoms with van der Waals surface area (Å²) in [6.45, 7) is 10.3. The summed E-state index contributed by atoms with van der Waals surface area (Å²) >= 11 is 0. The third kappa shape index (κ3) is 2.70. The van der Waals surface area contributed by atoms with Gasteiger partial charge in [0.1, 0.15) is 5.82 Å². The van der Waals surface area contributed by atoms with Gasteiger partial charge in [-0.05, 0) is 26.2 Å². The van der Waals surface area contributed by atoms with Crippen LogP contribution in [0.15, 0.2) is 6.20 Å². The molecular formula is C17H26N6O. The molecule has 1 unspecified atom stereocenters. The molecule has 4 heterocycles. The van der Waals surface area contributed by atoms with Crippen molar-refractivity contribution in [2.24, 2.45) is 13.0 Å². The van der Waals surface area contributed by atoms with E-state index in [1.54, 1.807) is 0 Å². The summed E-state index contributed by atoms with van der Waals surface area (Å²) in [5, 5.41) is 5.43. The zero-order valence-corrected chi connectivity index (χ0v) is 14.9. The SMILES string of the molecule is CC1CCN(c2nc(N3C[C@@H](C)O[C@@H](C)C3)c3cnn(C)c3n2)C1. The van der Waals surface area contributed by atoms with Gasteiger partial charge in [-0.1, -0.05) is 6.92 Å². The van der Waals surface area contributed by atoms with Crippen LogP contribution in [0.3, 0.4) is 0 Å². The topological polar surface area (TPSA) is 59.3 Å². The highest BCUT2D eigenvalue weighted by Crippen LogP contribution is 2.30. The molecule has 0 aliphatic carbocycles. The monoisotopic (exact) mass is 330 g/mol. The van der Waals surface area contributed by atoms with Crippen LogP contribution in [-0.4, -0.2) is 58.1 Å². The molecule has 4 rings (SSSR count). The Morgan fingerprint density at radius 2 is 1.79 bits per heavy atom. The van der Waals surface area contributed by atoms with Gasteiger partial charge in [-0.3, -0.25) is 4.68 Å². The van der Waals surface area contributed by atoms with Crippen LogP contribution in [0, 0.1) is 5.92 Å². The second-order valence-corrected chi connectivity index (χ2v) is 7.35. The van der Waals surface area contributed by atoms with E-state index in [2.05, 4.69) is 35.7 Å². The van der Waals surface area contributed by atoms with Gasteiger partial charge < -0.3 is 14.5 Å². The van der Waals surface area contributed by atoms with Crippen molar-refractivity contribution in [1.29, 1.82) is 0 Å². The number of ether oxygens (including phenoxy) is 1. The van der Waals surface area contributed by atoms with Gasteiger partial charge in [0.05, 0.1) is 23.8 Å². The van der Waals surface area contributed by atoms with Crippen LogP contribution in [0.2, 0.25) is 0 Å². The Morgan fingerprint density at radius 3 is 2.46 bits per heavy atom. The standard InChI is InChI=1S/C17H26N6O/c1-11-5-6-22(8-11)17-19-15-14(7-18-21(15)4)16(20-17)23-9-12(2)24-13(3)10-23/h7,11-13H,5-6,8-10H2,1-4H3/t11?,12-,13+. The Morgan fingerprint density at radius 1 is 1.04 bits per heavy atom. The minimum atomic E-state index is 0.200. The van der Waals surface area contributed by atoms with Crippen molar-refractivity contribution in [3.05, 3.63) is 6.20 Å². The van der Waals surface area contributed by atoms with Gasteiger partial charge in [0.25, 0.3) is 0 Å². The molecule has 2 saturated heterocycles. The molecule has 2 aromatic rings. The quantitative estimate of drug-likeness (QED) is 0.837. The first kappa shape index (κ1) is 15.6. The number of rotatable bonds is 2. The maximum Gasteiger partial charge on any atom is 0.229 e. The molecule has 0 N–H and O–H groups in total. The second-order valence-electron chi connectivity index (χ2n) is 7.35. The van der Waals surface area contributed by atoms with Crippen LogP contribution in [0.25, 0.3) is 11.0 Å². The van der Waals surface area contributed by atoms with Crippen LogP contribution in [-0.2, 0) is 11.8 Å². The summed E-state index contributed by atoms with van der Waals surface area (Å²) in [4.78, 5) is 14.4. The van der Waals surface area contributed by atoms with Gasteiger partial charge in [0, 0.05) is 33.2 Å². The van der Waals surface area contributed by atoms with Gasteiger partial charge in [0.15, 0.2) is 5.65 Å². The van der Waals surface area contributed by atoms with E-state index in [4.69, 9.17) is 14.7 Å². The maximum absolute atomic E-state index is 5.88. The van der Waals surface area contributed by atoms with Crippen LogP contribution in [0.4, 0.5) is 11.8 Å². The Labute approximate surface area is 142 Å². The molecule has 24 heavy (non-hydrogen) atoms. The predicted molar refractivity (Wildman–Crippen MR) is 94.5 cm³/mol. The van der Waals surface area contributed by atoms with Gasteiger partial charge in [-0.25, -0.2) is 0 Å². The van der Waals surface area contributed by atoms with E-state index in [1.165, 1.54) is 6.42 Å². The maximum atomic E-state index is 5.88. The molecule has 0 spiro atoms. The molecule has 0 bridgehead atoms. The Kier molecular flexibility index (Phi) is 3.83. The summed E-state index contributed by atoms with van der Waals surface area (Å²) in [6.07, 6.45) is 3.48. The fourth-order valence-electron chi connectivity index (χ4n) is 3.85. The lowest BCUT2D eigenvalue weighted by Crippen LogP contribution is -2.46. The average molecular weight is 330 g/mol. The van der Waals surface area contributed by atoms with E-state index < -0.39 is 0 Å². The normalized spacial score (nSPS) is 28.1. The molecule has 0 amide bonds. The molecule has 130 valence electrons. The second kappa shape index (κ2) is 5.88. The zero-order chi connectivity index (χ0) is 16.8. The summed E-state index contributed by atoms with van der Waals surface area (Å²) < 4.78 is 7.73. The van der Waals surface area contributed by atoms with Crippen molar-refractivity contribution in [2.75, 3.05) is 36.0 Å². The van der Waals surface area contributed by atoms with Crippen molar-refractivity contribution in [1.82, 2.24) is 19.7 Å². The number of hydrogen-bond acceptors (Lipinski definition) is 6. The lowest BCUT2D eigenvalue weighted by molar-refractivity contribution is -0.00536. The number of morpholine rings is 1. The van der Waals surface area contributed by atoms with Gasteiger partial charge in [-0.2, -0.15) is 15.1 Å². The lowest BCUT2D eigenvalue weighted by Gasteiger charge is -2.36. The molecule has 2 aliphatic rings. The average Bonchev–Trinajstić information content (AvgIpc) is 3.12. The smallest absolute Gasteiger partial charge is 0.229 e. The Balaban J connectivity index is 1.78. The van der Waals surface area contributed by atoms with Crippen molar-refractivity contribution in [3.63, 3.8) is 0 Å². The third-order valence-electron chi connectivity index (χ3n) is 4.99. The lowest BCUT2D eigenvalue weighted by atomic mass is 10.2. The summed E-state index contributed by atoms with van der Waals surface area (Å²) in [7, 11) is 1.94. The van der Waals surface area contributed by atoms with E-state index in [0.29, 0.717) is 5.92 Å². The molecular weight excluding hydrogens is 304 g/mol. The van der Waals surface area contributed by atoms with Gasteiger partial charge >= 0.3 is 0 Å². The first-order chi connectivity index (χ1) is 11.5. The van der Waals surface area contributed by atoms with Crippen LogP contribution >= 0.6 is 0 Å². The molecule has 0 radical (unpaired) electrons. The van der Waals surface area contributed by atoms with Crippen molar-refractivity contribution >= 4 is 22.8 Å². The van der Waals surface area contributed by atoms with Gasteiger partial charge in [-0.15, -0.1) is 0 Å². The molecule has 0 aromatic carbocycles. The zero-order valence-electron chi connectivity index (χ0n) is 14.9. The van der Waals surface area contributed by atoms with Crippen molar-refractivity contribution in [3.8, 4) is 0 Å². The van der Waals surface area contributed by atoms with Crippen LogP contribution in [0.1, 0.15) is 27.2 Å².